The zero-order valence-electron chi connectivity index (χ0n) is 12.9. The van der Waals surface area contributed by atoms with Gasteiger partial charge in [0.1, 0.15) is 5.82 Å². The molecule has 1 aromatic carbocycles. The van der Waals surface area contributed by atoms with E-state index < -0.39 is 0 Å². The topological polar surface area (TPSA) is 73.5 Å². The first-order chi connectivity index (χ1) is 11.7. The standard InChI is InChI=1S/C16H14FN7/c1-23-10-14(8-19-23)21-16-18-6-12-7-20-24(15(12)22-16)9-11-2-4-13(17)5-3-11/h2-8,10H,9H2,1H3,(H,18,21,22). The van der Waals surface area contributed by atoms with E-state index in [1.807, 2.05) is 13.2 Å². The first kappa shape index (κ1) is 14.3. The Hall–Kier alpha value is -3.29. The number of fused-ring (bicyclic) bond motifs is 1. The van der Waals surface area contributed by atoms with E-state index in [1.54, 1.807) is 40.1 Å². The smallest absolute Gasteiger partial charge is 0.229 e. The Kier molecular flexibility index (Phi) is 3.42. The van der Waals surface area contributed by atoms with Crippen LogP contribution in [0, 0.1) is 5.82 Å². The molecule has 4 rings (SSSR count). The van der Waals surface area contributed by atoms with Crippen molar-refractivity contribution in [2.75, 3.05) is 5.32 Å². The normalized spacial score (nSPS) is 11.1. The molecule has 0 amide bonds. The van der Waals surface area contributed by atoms with E-state index in [-0.39, 0.29) is 5.82 Å². The molecule has 8 heteroatoms. The summed E-state index contributed by atoms with van der Waals surface area (Å²) in [5.74, 6) is 0.214. The number of aromatic nitrogens is 6. The number of hydrogen-bond acceptors (Lipinski definition) is 5. The molecular formula is C16H14FN7. The van der Waals surface area contributed by atoms with E-state index in [4.69, 9.17) is 0 Å². The monoisotopic (exact) mass is 323 g/mol. The second kappa shape index (κ2) is 5.73. The number of anilines is 2. The van der Waals surface area contributed by atoms with Crippen molar-refractivity contribution in [1.29, 1.82) is 0 Å². The summed E-state index contributed by atoms with van der Waals surface area (Å²) in [6.45, 7) is 0.507. The summed E-state index contributed by atoms with van der Waals surface area (Å²) >= 11 is 0. The van der Waals surface area contributed by atoms with Gasteiger partial charge in [-0.2, -0.15) is 15.2 Å². The molecule has 0 unspecified atom stereocenters. The van der Waals surface area contributed by atoms with Gasteiger partial charge in [-0.25, -0.2) is 14.1 Å². The Morgan fingerprint density at radius 2 is 1.92 bits per heavy atom. The van der Waals surface area contributed by atoms with Crippen molar-refractivity contribution in [3.8, 4) is 0 Å². The zero-order chi connectivity index (χ0) is 16.5. The summed E-state index contributed by atoms with van der Waals surface area (Å²) in [5, 5.41) is 12.4. The number of rotatable bonds is 4. The van der Waals surface area contributed by atoms with Crippen LogP contribution in [0.5, 0.6) is 0 Å². The molecule has 1 N–H and O–H groups in total. The van der Waals surface area contributed by atoms with E-state index in [0.717, 1.165) is 16.6 Å². The lowest BCUT2D eigenvalue weighted by Crippen LogP contribution is -2.04. The van der Waals surface area contributed by atoms with Crippen LogP contribution in [0.4, 0.5) is 16.0 Å². The van der Waals surface area contributed by atoms with Gasteiger partial charge in [0, 0.05) is 19.4 Å². The molecule has 0 radical (unpaired) electrons. The first-order valence-corrected chi connectivity index (χ1v) is 7.36. The average molecular weight is 323 g/mol. The number of hydrogen-bond donors (Lipinski definition) is 1. The molecule has 3 heterocycles. The molecule has 0 saturated heterocycles. The Morgan fingerprint density at radius 1 is 1.08 bits per heavy atom. The van der Waals surface area contributed by atoms with Crippen molar-refractivity contribution in [1.82, 2.24) is 29.5 Å². The van der Waals surface area contributed by atoms with Crippen LogP contribution < -0.4 is 5.32 Å². The van der Waals surface area contributed by atoms with Crippen LogP contribution >= 0.6 is 0 Å². The van der Waals surface area contributed by atoms with E-state index in [0.29, 0.717) is 18.1 Å². The lowest BCUT2D eigenvalue weighted by molar-refractivity contribution is 0.625. The van der Waals surface area contributed by atoms with Gasteiger partial charge in [0.15, 0.2) is 5.65 Å². The molecular weight excluding hydrogens is 309 g/mol. The SMILES string of the molecule is Cn1cc(Nc2ncc3cnn(Cc4ccc(F)cc4)c3n2)cn1. The summed E-state index contributed by atoms with van der Waals surface area (Å²) in [6.07, 6.45) is 6.97. The molecule has 0 bridgehead atoms. The van der Waals surface area contributed by atoms with E-state index >= 15 is 0 Å². The second-order valence-electron chi connectivity index (χ2n) is 5.43. The fraction of sp³-hybridized carbons (Fsp3) is 0.125. The molecule has 120 valence electrons. The fourth-order valence-corrected chi connectivity index (χ4v) is 2.42. The minimum Gasteiger partial charge on any atom is -0.321 e. The predicted molar refractivity (Wildman–Crippen MR) is 87.3 cm³/mol. The molecule has 3 aromatic heterocycles. The summed E-state index contributed by atoms with van der Waals surface area (Å²) in [4.78, 5) is 8.80. The molecule has 0 fully saturated rings. The minimum atomic E-state index is -0.255. The number of nitrogens with zero attached hydrogens (tertiary/aromatic N) is 6. The Labute approximate surface area is 136 Å². The minimum absolute atomic E-state index is 0.255. The van der Waals surface area contributed by atoms with E-state index in [1.165, 1.54) is 12.1 Å². The predicted octanol–water partition coefficient (Wildman–Crippen LogP) is 2.49. The van der Waals surface area contributed by atoms with Crippen LogP contribution in [0.15, 0.2) is 49.1 Å². The van der Waals surface area contributed by atoms with Gasteiger partial charge in [-0.05, 0) is 17.7 Å². The molecule has 0 aliphatic rings. The molecule has 0 atom stereocenters. The lowest BCUT2D eigenvalue weighted by atomic mass is 10.2. The summed E-state index contributed by atoms with van der Waals surface area (Å²) in [5.41, 5.74) is 2.46. The van der Waals surface area contributed by atoms with Crippen molar-refractivity contribution in [2.45, 2.75) is 6.54 Å². The second-order valence-corrected chi connectivity index (χ2v) is 5.43. The average Bonchev–Trinajstić information content (AvgIpc) is 3.16. The Bertz CT molecular complexity index is 987. The van der Waals surface area contributed by atoms with Gasteiger partial charge >= 0.3 is 0 Å². The molecule has 4 aromatic rings. The molecule has 7 nitrogen and oxygen atoms in total. The highest BCUT2D eigenvalue weighted by atomic mass is 19.1. The molecule has 0 aliphatic carbocycles. The van der Waals surface area contributed by atoms with Gasteiger partial charge in [0.05, 0.1) is 30.0 Å². The highest BCUT2D eigenvalue weighted by molar-refractivity contribution is 5.75. The number of benzene rings is 1. The zero-order valence-corrected chi connectivity index (χ0v) is 12.9. The van der Waals surface area contributed by atoms with Crippen molar-refractivity contribution < 1.29 is 4.39 Å². The van der Waals surface area contributed by atoms with Crippen LogP contribution in [-0.2, 0) is 13.6 Å². The van der Waals surface area contributed by atoms with Gasteiger partial charge in [-0.1, -0.05) is 12.1 Å². The third-order valence-electron chi connectivity index (χ3n) is 3.58. The quantitative estimate of drug-likeness (QED) is 0.624. The molecule has 24 heavy (non-hydrogen) atoms. The fourth-order valence-electron chi connectivity index (χ4n) is 2.42. The van der Waals surface area contributed by atoms with Crippen molar-refractivity contribution >= 4 is 22.7 Å². The summed E-state index contributed by atoms with van der Waals surface area (Å²) in [6, 6.07) is 6.34. The third-order valence-corrected chi connectivity index (χ3v) is 3.58. The van der Waals surface area contributed by atoms with Gasteiger partial charge in [0.2, 0.25) is 5.95 Å². The molecule has 0 spiro atoms. The molecule has 0 aliphatic heterocycles. The van der Waals surface area contributed by atoms with Gasteiger partial charge < -0.3 is 5.32 Å². The third kappa shape index (κ3) is 2.81. The van der Waals surface area contributed by atoms with Gasteiger partial charge in [-0.3, -0.25) is 4.68 Å². The van der Waals surface area contributed by atoms with Crippen LogP contribution in [-0.4, -0.2) is 29.5 Å². The summed E-state index contributed by atoms with van der Waals surface area (Å²) in [7, 11) is 1.84. The van der Waals surface area contributed by atoms with Crippen molar-refractivity contribution in [3.63, 3.8) is 0 Å². The maximum absolute atomic E-state index is 13.0. The maximum Gasteiger partial charge on any atom is 0.229 e. The largest absolute Gasteiger partial charge is 0.321 e. The van der Waals surface area contributed by atoms with Crippen molar-refractivity contribution in [3.05, 3.63) is 60.4 Å². The summed E-state index contributed by atoms with van der Waals surface area (Å²) < 4.78 is 16.5. The number of halogens is 1. The van der Waals surface area contributed by atoms with Crippen LogP contribution in [0.25, 0.3) is 11.0 Å². The Morgan fingerprint density at radius 3 is 2.67 bits per heavy atom. The number of aryl methyl sites for hydroxylation is 1. The van der Waals surface area contributed by atoms with Crippen molar-refractivity contribution in [2.24, 2.45) is 7.05 Å². The van der Waals surface area contributed by atoms with Crippen LogP contribution in [0.2, 0.25) is 0 Å². The Balaban J connectivity index is 1.64. The van der Waals surface area contributed by atoms with E-state index in [2.05, 4.69) is 25.5 Å². The van der Waals surface area contributed by atoms with Crippen LogP contribution in [0.3, 0.4) is 0 Å². The van der Waals surface area contributed by atoms with Crippen LogP contribution in [0.1, 0.15) is 5.56 Å². The maximum atomic E-state index is 13.0. The van der Waals surface area contributed by atoms with Gasteiger partial charge in [0.25, 0.3) is 0 Å². The first-order valence-electron chi connectivity index (χ1n) is 7.36. The number of nitrogens with one attached hydrogen (secondary N) is 1. The lowest BCUT2D eigenvalue weighted by Gasteiger charge is -2.05. The van der Waals surface area contributed by atoms with Gasteiger partial charge in [-0.15, -0.1) is 0 Å². The highest BCUT2D eigenvalue weighted by Crippen LogP contribution is 2.17. The highest BCUT2D eigenvalue weighted by Gasteiger charge is 2.08. The molecule has 0 saturated carbocycles. The van der Waals surface area contributed by atoms with E-state index in [9.17, 15) is 4.39 Å².